The second-order valence-corrected chi connectivity index (χ2v) is 3.30. The Kier molecular flexibility index (Phi) is 7.25. The Labute approximate surface area is 92.3 Å². The minimum atomic E-state index is 0. The first-order valence-electron chi connectivity index (χ1n) is 4.92. The Morgan fingerprint density at radius 3 is 2.29 bits per heavy atom. The fourth-order valence-electron chi connectivity index (χ4n) is 1.35. The van der Waals surface area contributed by atoms with Gasteiger partial charge < -0.3 is 5.43 Å². The summed E-state index contributed by atoms with van der Waals surface area (Å²) in [7, 11) is 0. The molecule has 0 aliphatic carbocycles. The normalized spacial score (nSPS) is 9.29. The van der Waals surface area contributed by atoms with Crippen LogP contribution in [0.2, 0.25) is 0 Å². The molecule has 2 nitrogen and oxygen atoms in total. The van der Waals surface area contributed by atoms with Crippen LogP contribution >= 0.6 is 12.4 Å². The lowest BCUT2D eigenvalue weighted by molar-refractivity contribution is 0.717. The van der Waals surface area contributed by atoms with E-state index in [0.717, 1.165) is 5.69 Å². The van der Waals surface area contributed by atoms with Crippen LogP contribution in [-0.2, 0) is 6.42 Å². The number of hydrogen-bond donors (Lipinski definition) is 2. The second kappa shape index (κ2) is 7.65. The van der Waals surface area contributed by atoms with E-state index >= 15 is 0 Å². The zero-order valence-electron chi connectivity index (χ0n) is 8.62. The van der Waals surface area contributed by atoms with E-state index in [1.165, 1.54) is 31.2 Å². The first kappa shape index (κ1) is 13.3. The van der Waals surface area contributed by atoms with Crippen LogP contribution in [0.4, 0.5) is 5.69 Å². The summed E-state index contributed by atoms with van der Waals surface area (Å²) in [6.45, 7) is 2.22. The van der Waals surface area contributed by atoms with Crippen LogP contribution < -0.4 is 11.3 Å². The average molecular weight is 215 g/mol. The highest BCUT2D eigenvalue weighted by Crippen LogP contribution is 2.10. The average Bonchev–Trinajstić information content (AvgIpc) is 2.19. The minimum absolute atomic E-state index is 0. The highest BCUT2D eigenvalue weighted by molar-refractivity contribution is 5.85. The molecule has 80 valence electrons. The summed E-state index contributed by atoms with van der Waals surface area (Å²) < 4.78 is 0. The summed E-state index contributed by atoms with van der Waals surface area (Å²) in [5, 5.41) is 0. The molecule has 0 spiro atoms. The highest BCUT2D eigenvalue weighted by atomic mass is 35.5. The van der Waals surface area contributed by atoms with Gasteiger partial charge in [0.2, 0.25) is 0 Å². The van der Waals surface area contributed by atoms with Crippen molar-refractivity contribution in [2.24, 2.45) is 5.84 Å². The zero-order chi connectivity index (χ0) is 9.52. The Hall–Kier alpha value is -0.730. The van der Waals surface area contributed by atoms with E-state index < -0.39 is 0 Å². The van der Waals surface area contributed by atoms with Crippen molar-refractivity contribution in [1.29, 1.82) is 0 Å². The molecule has 0 aromatic heterocycles. The molecule has 0 radical (unpaired) electrons. The lowest BCUT2D eigenvalue weighted by Gasteiger charge is -2.02. The monoisotopic (exact) mass is 214 g/mol. The smallest absolute Gasteiger partial charge is 0.0485 e. The van der Waals surface area contributed by atoms with E-state index in [-0.39, 0.29) is 12.4 Å². The van der Waals surface area contributed by atoms with Crippen molar-refractivity contribution >= 4 is 18.1 Å². The van der Waals surface area contributed by atoms with Crippen molar-refractivity contribution in [3.8, 4) is 0 Å². The van der Waals surface area contributed by atoms with Gasteiger partial charge in [-0.1, -0.05) is 31.9 Å². The van der Waals surface area contributed by atoms with Crippen molar-refractivity contribution in [2.75, 3.05) is 5.43 Å². The predicted molar refractivity (Wildman–Crippen MR) is 64.7 cm³/mol. The number of hydrogen-bond acceptors (Lipinski definition) is 2. The van der Waals surface area contributed by atoms with Crippen LogP contribution in [0, 0.1) is 0 Å². The number of aryl methyl sites for hydroxylation is 1. The molecular weight excluding hydrogens is 196 g/mol. The quantitative estimate of drug-likeness (QED) is 0.449. The third-order valence-electron chi connectivity index (χ3n) is 2.19. The molecule has 0 aliphatic heterocycles. The summed E-state index contributed by atoms with van der Waals surface area (Å²) in [5.74, 6) is 5.27. The van der Waals surface area contributed by atoms with Gasteiger partial charge in [-0.05, 0) is 30.5 Å². The molecule has 1 aromatic carbocycles. The SMILES string of the molecule is CCCCCc1ccc(NN)cc1.Cl. The maximum Gasteiger partial charge on any atom is 0.0485 e. The zero-order valence-corrected chi connectivity index (χ0v) is 9.44. The number of benzene rings is 1. The Morgan fingerprint density at radius 2 is 1.79 bits per heavy atom. The van der Waals surface area contributed by atoms with Crippen LogP contribution in [0.25, 0.3) is 0 Å². The van der Waals surface area contributed by atoms with Crippen molar-refractivity contribution < 1.29 is 0 Å². The second-order valence-electron chi connectivity index (χ2n) is 3.30. The number of unbranched alkanes of at least 4 members (excludes halogenated alkanes) is 2. The Balaban J connectivity index is 0.00000169. The van der Waals surface area contributed by atoms with Crippen molar-refractivity contribution in [3.63, 3.8) is 0 Å². The topological polar surface area (TPSA) is 38.0 Å². The van der Waals surface area contributed by atoms with Crippen molar-refractivity contribution in [3.05, 3.63) is 29.8 Å². The van der Waals surface area contributed by atoms with E-state index in [0.29, 0.717) is 0 Å². The van der Waals surface area contributed by atoms with E-state index in [1.54, 1.807) is 0 Å². The first-order chi connectivity index (χ1) is 6.36. The number of nitrogen functional groups attached to an aromatic ring is 1. The molecule has 3 heteroatoms. The first-order valence-corrected chi connectivity index (χ1v) is 4.92. The Morgan fingerprint density at radius 1 is 1.14 bits per heavy atom. The highest BCUT2D eigenvalue weighted by Gasteiger charge is 1.92. The third-order valence-corrected chi connectivity index (χ3v) is 2.19. The molecular formula is C11H19ClN2. The van der Waals surface area contributed by atoms with Crippen LogP contribution in [0.5, 0.6) is 0 Å². The van der Waals surface area contributed by atoms with E-state index in [1.807, 2.05) is 12.1 Å². The summed E-state index contributed by atoms with van der Waals surface area (Å²) in [6.07, 6.45) is 5.06. The lowest BCUT2D eigenvalue weighted by Crippen LogP contribution is -2.06. The standard InChI is InChI=1S/C11H18N2.ClH/c1-2-3-4-5-10-6-8-11(13-12)9-7-10;/h6-9,13H,2-5,12H2,1H3;1H. The van der Waals surface area contributed by atoms with Gasteiger partial charge in [0.1, 0.15) is 0 Å². The molecule has 14 heavy (non-hydrogen) atoms. The molecule has 0 fully saturated rings. The molecule has 1 aromatic rings. The van der Waals surface area contributed by atoms with Gasteiger partial charge >= 0.3 is 0 Å². The van der Waals surface area contributed by atoms with E-state index in [4.69, 9.17) is 5.84 Å². The summed E-state index contributed by atoms with van der Waals surface area (Å²) in [5.41, 5.74) is 4.99. The molecule has 0 amide bonds. The van der Waals surface area contributed by atoms with E-state index in [2.05, 4.69) is 24.5 Å². The number of hydrazine groups is 1. The number of nitrogens with two attached hydrogens (primary N) is 1. The van der Waals surface area contributed by atoms with Gasteiger partial charge in [0.05, 0.1) is 0 Å². The molecule has 0 atom stereocenters. The maximum atomic E-state index is 5.27. The molecule has 0 heterocycles. The predicted octanol–water partition coefficient (Wildman–Crippen LogP) is 3.13. The summed E-state index contributed by atoms with van der Waals surface area (Å²) in [4.78, 5) is 0. The number of rotatable bonds is 5. The van der Waals surface area contributed by atoms with Gasteiger partial charge in [-0.25, -0.2) is 0 Å². The number of nitrogens with one attached hydrogen (secondary N) is 1. The lowest BCUT2D eigenvalue weighted by atomic mass is 10.1. The molecule has 0 bridgehead atoms. The maximum absolute atomic E-state index is 5.27. The van der Waals surface area contributed by atoms with Gasteiger partial charge in [0.25, 0.3) is 0 Å². The third kappa shape index (κ3) is 4.49. The Bertz CT molecular complexity index is 234. The number of halogens is 1. The largest absolute Gasteiger partial charge is 0.324 e. The molecule has 1 rings (SSSR count). The van der Waals surface area contributed by atoms with Gasteiger partial charge in [-0.2, -0.15) is 0 Å². The minimum Gasteiger partial charge on any atom is -0.324 e. The van der Waals surface area contributed by atoms with Gasteiger partial charge in [0, 0.05) is 5.69 Å². The van der Waals surface area contributed by atoms with Gasteiger partial charge in [-0.15, -0.1) is 12.4 Å². The summed E-state index contributed by atoms with van der Waals surface area (Å²) >= 11 is 0. The van der Waals surface area contributed by atoms with Crippen LogP contribution in [0.1, 0.15) is 31.7 Å². The van der Waals surface area contributed by atoms with Crippen LogP contribution in [0.3, 0.4) is 0 Å². The molecule has 0 unspecified atom stereocenters. The van der Waals surface area contributed by atoms with Gasteiger partial charge in [0.15, 0.2) is 0 Å². The fourth-order valence-corrected chi connectivity index (χ4v) is 1.35. The van der Waals surface area contributed by atoms with Gasteiger partial charge in [-0.3, -0.25) is 5.84 Å². The fraction of sp³-hybridized carbons (Fsp3) is 0.455. The molecule has 0 saturated heterocycles. The van der Waals surface area contributed by atoms with Crippen LogP contribution in [0.15, 0.2) is 24.3 Å². The van der Waals surface area contributed by atoms with Crippen molar-refractivity contribution in [2.45, 2.75) is 32.6 Å². The summed E-state index contributed by atoms with van der Waals surface area (Å²) in [6, 6.07) is 8.29. The molecule has 0 saturated carbocycles. The molecule has 3 N–H and O–H groups in total. The van der Waals surface area contributed by atoms with Crippen molar-refractivity contribution in [1.82, 2.24) is 0 Å². The van der Waals surface area contributed by atoms with Crippen LogP contribution in [-0.4, -0.2) is 0 Å². The van der Waals surface area contributed by atoms with E-state index in [9.17, 15) is 0 Å². The molecule has 0 aliphatic rings. The number of anilines is 1.